The van der Waals surface area contributed by atoms with Gasteiger partial charge in [0.15, 0.2) is 0 Å². The van der Waals surface area contributed by atoms with E-state index in [4.69, 9.17) is 21.8 Å². The van der Waals surface area contributed by atoms with Crippen LogP contribution in [0.5, 0.6) is 0 Å². The molecule has 4 aromatic rings. The van der Waals surface area contributed by atoms with Gasteiger partial charge in [-0.25, -0.2) is 4.98 Å². The number of hydrogen-bond acceptors (Lipinski definition) is 6. The lowest BCUT2D eigenvalue weighted by molar-refractivity contribution is -0.140. The second kappa shape index (κ2) is 7.95. The third-order valence-electron chi connectivity index (χ3n) is 4.42. The van der Waals surface area contributed by atoms with Crippen molar-refractivity contribution in [2.45, 2.75) is 19.6 Å². The van der Waals surface area contributed by atoms with E-state index in [1.807, 2.05) is 0 Å². The van der Waals surface area contributed by atoms with Crippen LogP contribution in [0.15, 0.2) is 35.1 Å². The fourth-order valence-electron chi connectivity index (χ4n) is 3.06. The molecule has 4 heterocycles. The van der Waals surface area contributed by atoms with Crippen molar-refractivity contribution in [1.82, 2.24) is 14.8 Å². The topological polar surface area (TPSA) is 116 Å². The standard InChI is InChI=1S/C19H13ClF3N5O3S/c1-8-10(20)6-28(27-8)7-13(29)26-15-14-9(11-3-2-4-31-11)5-12(19(21,22)23)25-18(14)32-16(15)17(24)30/h2-6H,7H2,1H3,(H2,24,30)(H,26,29). The number of amides is 2. The van der Waals surface area contributed by atoms with Crippen molar-refractivity contribution in [3.63, 3.8) is 0 Å². The third-order valence-corrected chi connectivity index (χ3v) is 5.89. The molecule has 0 aliphatic rings. The van der Waals surface area contributed by atoms with E-state index < -0.39 is 23.7 Å². The van der Waals surface area contributed by atoms with Crippen LogP contribution < -0.4 is 11.1 Å². The van der Waals surface area contributed by atoms with E-state index in [0.29, 0.717) is 22.1 Å². The van der Waals surface area contributed by atoms with Crippen molar-refractivity contribution in [3.05, 3.63) is 51.9 Å². The van der Waals surface area contributed by atoms with E-state index in [1.165, 1.54) is 29.3 Å². The number of alkyl halides is 3. The average molecular weight is 484 g/mol. The lowest BCUT2D eigenvalue weighted by Gasteiger charge is -2.11. The zero-order valence-electron chi connectivity index (χ0n) is 16.2. The second-order valence-corrected chi connectivity index (χ2v) is 8.10. The molecule has 0 saturated carbocycles. The molecule has 0 aromatic carbocycles. The van der Waals surface area contributed by atoms with Crippen LogP contribution in [0.25, 0.3) is 21.5 Å². The molecule has 0 spiro atoms. The minimum absolute atomic E-state index is 0.00403. The summed E-state index contributed by atoms with van der Waals surface area (Å²) in [7, 11) is 0. The zero-order valence-corrected chi connectivity index (χ0v) is 17.7. The molecule has 2 amide bonds. The number of halogens is 4. The van der Waals surface area contributed by atoms with Gasteiger partial charge in [0.2, 0.25) is 5.91 Å². The summed E-state index contributed by atoms with van der Waals surface area (Å²) < 4.78 is 46.8. The molecule has 4 rings (SSSR count). The van der Waals surface area contributed by atoms with E-state index in [0.717, 1.165) is 6.07 Å². The molecular weight excluding hydrogens is 471 g/mol. The molecule has 4 aromatic heterocycles. The zero-order chi connectivity index (χ0) is 23.2. The van der Waals surface area contributed by atoms with Gasteiger partial charge in [-0.2, -0.15) is 18.3 Å². The van der Waals surface area contributed by atoms with Crippen LogP contribution in [0.3, 0.4) is 0 Å². The highest BCUT2D eigenvalue weighted by Crippen LogP contribution is 2.43. The lowest BCUT2D eigenvalue weighted by Crippen LogP contribution is -2.21. The van der Waals surface area contributed by atoms with Crippen molar-refractivity contribution in [3.8, 4) is 11.3 Å². The smallest absolute Gasteiger partial charge is 0.433 e. The lowest BCUT2D eigenvalue weighted by atomic mass is 10.1. The van der Waals surface area contributed by atoms with Gasteiger partial charge in [0.25, 0.3) is 5.91 Å². The second-order valence-electron chi connectivity index (χ2n) is 6.69. The highest BCUT2D eigenvalue weighted by atomic mass is 35.5. The van der Waals surface area contributed by atoms with Gasteiger partial charge < -0.3 is 15.5 Å². The number of nitrogens with zero attached hydrogens (tertiary/aromatic N) is 3. The number of rotatable bonds is 5. The Morgan fingerprint density at radius 2 is 2.12 bits per heavy atom. The number of nitrogens with two attached hydrogens (primary N) is 1. The Hall–Kier alpha value is -3.38. The number of thiophene rings is 1. The van der Waals surface area contributed by atoms with Gasteiger partial charge in [0, 0.05) is 17.1 Å². The van der Waals surface area contributed by atoms with Crippen molar-refractivity contribution in [2.75, 3.05) is 5.32 Å². The predicted molar refractivity (Wildman–Crippen MR) is 111 cm³/mol. The van der Waals surface area contributed by atoms with Gasteiger partial charge in [0.1, 0.15) is 27.7 Å². The summed E-state index contributed by atoms with van der Waals surface area (Å²) in [6, 6.07) is 3.75. The van der Waals surface area contributed by atoms with Gasteiger partial charge in [0.05, 0.1) is 22.7 Å². The first-order valence-electron chi connectivity index (χ1n) is 8.92. The van der Waals surface area contributed by atoms with Crippen LogP contribution in [0.1, 0.15) is 21.1 Å². The number of nitrogens with one attached hydrogen (secondary N) is 1. The minimum atomic E-state index is -4.74. The molecule has 0 aliphatic heterocycles. The van der Waals surface area contributed by atoms with E-state index >= 15 is 0 Å². The molecule has 166 valence electrons. The fraction of sp³-hybridized carbons (Fsp3) is 0.158. The van der Waals surface area contributed by atoms with Gasteiger partial charge in [-0.05, 0) is 25.1 Å². The summed E-state index contributed by atoms with van der Waals surface area (Å²) in [4.78, 5) is 28.1. The molecule has 32 heavy (non-hydrogen) atoms. The van der Waals surface area contributed by atoms with Crippen molar-refractivity contribution in [2.24, 2.45) is 5.73 Å². The van der Waals surface area contributed by atoms with E-state index in [1.54, 1.807) is 6.92 Å². The van der Waals surface area contributed by atoms with E-state index in [2.05, 4.69) is 15.4 Å². The summed E-state index contributed by atoms with van der Waals surface area (Å²) in [5.74, 6) is -1.43. The molecule has 0 saturated heterocycles. The maximum atomic E-state index is 13.4. The number of anilines is 1. The molecule has 0 atom stereocenters. The largest absolute Gasteiger partial charge is 0.464 e. The number of fused-ring (bicyclic) bond motifs is 1. The SMILES string of the molecule is Cc1nn(CC(=O)Nc2c(C(N)=O)sc3nc(C(F)(F)F)cc(-c4ccco4)c23)cc1Cl. The summed E-state index contributed by atoms with van der Waals surface area (Å²) in [6.07, 6.45) is -2.01. The third kappa shape index (κ3) is 4.06. The number of carbonyl (C=O) groups excluding carboxylic acids is 2. The van der Waals surface area contributed by atoms with Crippen molar-refractivity contribution in [1.29, 1.82) is 0 Å². The first kappa shape index (κ1) is 21.8. The molecule has 0 aliphatic carbocycles. The molecule has 0 bridgehead atoms. The maximum Gasteiger partial charge on any atom is 0.433 e. The monoisotopic (exact) mass is 483 g/mol. The molecule has 13 heteroatoms. The molecular formula is C19H13ClF3N5O3S. The Labute approximate surface area is 186 Å². The Morgan fingerprint density at radius 3 is 2.69 bits per heavy atom. The Kier molecular flexibility index (Phi) is 5.42. The highest BCUT2D eigenvalue weighted by molar-refractivity contribution is 7.21. The molecule has 0 fully saturated rings. The van der Waals surface area contributed by atoms with E-state index in [-0.39, 0.29) is 38.6 Å². The number of aryl methyl sites for hydroxylation is 1. The Morgan fingerprint density at radius 1 is 1.38 bits per heavy atom. The van der Waals surface area contributed by atoms with Crippen LogP contribution in [0.2, 0.25) is 5.02 Å². The van der Waals surface area contributed by atoms with E-state index in [9.17, 15) is 22.8 Å². The molecule has 8 nitrogen and oxygen atoms in total. The van der Waals surface area contributed by atoms with Crippen LogP contribution >= 0.6 is 22.9 Å². The Bertz CT molecular complexity index is 1330. The van der Waals surface area contributed by atoms with Crippen LogP contribution in [0.4, 0.5) is 18.9 Å². The number of aromatic nitrogens is 3. The van der Waals surface area contributed by atoms with Crippen LogP contribution in [-0.2, 0) is 17.5 Å². The van der Waals surface area contributed by atoms with Gasteiger partial charge in [-0.3, -0.25) is 14.3 Å². The summed E-state index contributed by atoms with van der Waals surface area (Å²) in [6.45, 7) is 1.40. The summed E-state index contributed by atoms with van der Waals surface area (Å²) in [5.41, 5.74) is 4.73. The number of furan rings is 1. The summed E-state index contributed by atoms with van der Waals surface area (Å²) in [5, 5.41) is 7.10. The predicted octanol–water partition coefficient (Wildman–Crippen LogP) is 4.47. The summed E-state index contributed by atoms with van der Waals surface area (Å²) >= 11 is 6.59. The quantitative estimate of drug-likeness (QED) is 0.434. The van der Waals surface area contributed by atoms with Gasteiger partial charge in [-0.1, -0.05) is 11.6 Å². The van der Waals surface area contributed by atoms with Gasteiger partial charge in [-0.15, -0.1) is 11.3 Å². The minimum Gasteiger partial charge on any atom is -0.464 e. The first-order chi connectivity index (χ1) is 15.0. The average Bonchev–Trinajstić information content (AvgIpc) is 3.41. The fourth-order valence-corrected chi connectivity index (χ4v) is 4.22. The Balaban J connectivity index is 1.86. The van der Waals surface area contributed by atoms with Gasteiger partial charge >= 0.3 is 6.18 Å². The number of hydrogen-bond donors (Lipinski definition) is 2. The number of carbonyl (C=O) groups is 2. The van der Waals surface area contributed by atoms with Crippen LogP contribution in [0, 0.1) is 6.92 Å². The highest BCUT2D eigenvalue weighted by Gasteiger charge is 2.35. The molecule has 0 unspecified atom stereocenters. The van der Waals surface area contributed by atoms with Crippen LogP contribution in [-0.4, -0.2) is 26.6 Å². The normalized spacial score (nSPS) is 11.8. The van der Waals surface area contributed by atoms with Crippen molar-refractivity contribution < 1.29 is 27.2 Å². The maximum absolute atomic E-state index is 13.4. The molecule has 0 radical (unpaired) electrons. The number of pyridine rings is 1. The molecule has 3 N–H and O–H groups in total. The first-order valence-corrected chi connectivity index (χ1v) is 10.1. The van der Waals surface area contributed by atoms with Crippen molar-refractivity contribution >= 4 is 50.7 Å². The number of primary amides is 1.